The van der Waals surface area contributed by atoms with Crippen LogP contribution in [-0.2, 0) is 0 Å². The van der Waals surface area contributed by atoms with Crippen LogP contribution in [0.1, 0.15) is 79.1 Å². The van der Waals surface area contributed by atoms with Gasteiger partial charge in [-0.25, -0.2) is 0 Å². The largest absolute Gasteiger partial charge is 0.286 e. The molecular weight excluding hydrogens is 258 g/mol. The maximum absolute atomic E-state index is 3.95. The van der Waals surface area contributed by atoms with Gasteiger partial charge in [0.2, 0.25) is 0 Å². The van der Waals surface area contributed by atoms with E-state index in [0.717, 1.165) is 5.92 Å². The van der Waals surface area contributed by atoms with Gasteiger partial charge in [0.25, 0.3) is 0 Å². The summed E-state index contributed by atoms with van der Waals surface area (Å²) >= 11 is 0. The van der Waals surface area contributed by atoms with E-state index in [0.29, 0.717) is 18.5 Å². The Hall–Kier alpha value is -0.120. The van der Waals surface area contributed by atoms with Crippen molar-refractivity contribution in [2.45, 2.75) is 97.6 Å². The summed E-state index contributed by atoms with van der Waals surface area (Å²) in [5.41, 5.74) is 0. The van der Waals surface area contributed by atoms with Gasteiger partial charge < -0.3 is 0 Å². The Labute approximate surface area is 133 Å². The molecule has 0 bridgehead atoms. The monoisotopic (exact) mass is 297 g/mol. The summed E-state index contributed by atoms with van der Waals surface area (Å²) in [5, 5.41) is 3.95. The van der Waals surface area contributed by atoms with Crippen molar-refractivity contribution < 1.29 is 0 Å². The number of nitrogens with zero attached hydrogens (tertiary/aromatic N) is 2. The molecule has 0 aliphatic carbocycles. The minimum atomic E-state index is 0.526. The minimum absolute atomic E-state index is 0.526. The quantitative estimate of drug-likeness (QED) is 0.642. The molecule has 0 aromatic rings. The molecule has 4 atom stereocenters. The van der Waals surface area contributed by atoms with E-state index in [1.54, 1.807) is 0 Å². The van der Waals surface area contributed by atoms with Gasteiger partial charge in [0.1, 0.15) is 0 Å². The van der Waals surface area contributed by atoms with E-state index in [2.05, 4.69) is 56.9 Å². The fourth-order valence-corrected chi connectivity index (χ4v) is 3.69. The average Bonchev–Trinajstić information content (AvgIpc) is 2.49. The Morgan fingerprint density at radius 1 is 0.952 bits per heavy atom. The zero-order valence-electron chi connectivity index (χ0n) is 15.4. The summed E-state index contributed by atoms with van der Waals surface area (Å²) < 4.78 is 0. The van der Waals surface area contributed by atoms with Gasteiger partial charge in [-0.3, -0.25) is 15.1 Å². The highest BCUT2D eigenvalue weighted by molar-refractivity contribution is 4.87. The minimum Gasteiger partial charge on any atom is -0.286 e. The van der Waals surface area contributed by atoms with Crippen LogP contribution < -0.4 is 5.32 Å². The van der Waals surface area contributed by atoms with E-state index in [1.165, 1.54) is 51.4 Å². The molecule has 1 rings (SSSR count). The highest BCUT2D eigenvalue weighted by Gasteiger charge is 2.36. The van der Waals surface area contributed by atoms with Gasteiger partial charge in [0, 0.05) is 0 Å². The van der Waals surface area contributed by atoms with Crippen molar-refractivity contribution in [3.8, 4) is 0 Å². The van der Waals surface area contributed by atoms with Crippen molar-refractivity contribution in [1.29, 1.82) is 0 Å². The molecule has 1 aliphatic rings. The van der Waals surface area contributed by atoms with E-state index in [-0.39, 0.29) is 0 Å². The van der Waals surface area contributed by atoms with Gasteiger partial charge >= 0.3 is 0 Å². The molecule has 4 unspecified atom stereocenters. The van der Waals surface area contributed by atoms with Crippen molar-refractivity contribution >= 4 is 0 Å². The Balaban J connectivity index is 2.63. The van der Waals surface area contributed by atoms with Crippen LogP contribution in [0.3, 0.4) is 0 Å². The third-order valence-corrected chi connectivity index (χ3v) is 5.43. The van der Waals surface area contributed by atoms with E-state index in [4.69, 9.17) is 0 Å². The molecule has 1 fully saturated rings. The molecule has 1 saturated heterocycles. The summed E-state index contributed by atoms with van der Waals surface area (Å²) in [4.78, 5) is 5.05. The highest BCUT2D eigenvalue weighted by atomic mass is 15.5. The second kappa shape index (κ2) is 9.81. The van der Waals surface area contributed by atoms with Crippen molar-refractivity contribution in [2.24, 2.45) is 5.92 Å². The smallest absolute Gasteiger partial charge is 0.0648 e. The lowest BCUT2D eigenvalue weighted by Gasteiger charge is -2.51. The van der Waals surface area contributed by atoms with Crippen molar-refractivity contribution in [3.63, 3.8) is 0 Å². The molecule has 0 aromatic heterocycles. The number of hydrogen-bond donors (Lipinski definition) is 1. The zero-order chi connectivity index (χ0) is 15.8. The van der Waals surface area contributed by atoms with Gasteiger partial charge in [-0.15, -0.1) is 0 Å². The summed E-state index contributed by atoms with van der Waals surface area (Å²) in [7, 11) is 4.56. The lowest BCUT2D eigenvalue weighted by atomic mass is 9.94. The van der Waals surface area contributed by atoms with Gasteiger partial charge in [-0.05, 0) is 39.8 Å². The maximum Gasteiger partial charge on any atom is 0.0648 e. The third-order valence-electron chi connectivity index (χ3n) is 5.43. The van der Waals surface area contributed by atoms with Gasteiger partial charge in [-0.1, -0.05) is 59.3 Å². The first-order valence-electron chi connectivity index (χ1n) is 9.26. The van der Waals surface area contributed by atoms with Crippen molar-refractivity contribution in [1.82, 2.24) is 15.1 Å². The summed E-state index contributed by atoms with van der Waals surface area (Å²) in [6, 6.07) is 0. The molecule has 21 heavy (non-hydrogen) atoms. The predicted molar refractivity (Wildman–Crippen MR) is 93.1 cm³/mol. The summed E-state index contributed by atoms with van der Waals surface area (Å²) in [5.74, 6) is 0.772. The second-order valence-corrected chi connectivity index (χ2v) is 6.90. The van der Waals surface area contributed by atoms with E-state index in [1.807, 2.05) is 0 Å². The SMILES string of the molecule is CCCCCCC1NC(C(CC)CCC)N(C)C(C)N1C. The van der Waals surface area contributed by atoms with Gasteiger partial charge in [-0.2, -0.15) is 0 Å². The standard InChI is InChI=1S/C18H39N3/c1-7-10-11-12-14-17-19-18(16(9-3)13-8-2)21(6)15(4)20(17)5/h15-19H,7-14H2,1-6H3. The summed E-state index contributed by atoms with van der Waals surface area (Å²) in [6.07, 6.45) is 12.2. The van der Waals surface area contributed by atoms with Crippen molar-refractivity contribution in [3.05, 3.63) is 0 Å². The predicted octanol–water partition coefficient (Wildman–Crippen LogP) is 4.25. The highest BCUT2D eigenvalue weighted by Crippen LogP contribution is 2.26. The van der Waals surface area contributed by atoms with Crippen LogP contribution in [0.2, 0.25) is 0 Å². The van der Waals surface area contributed by atoms with Crippen LogP contribution in [0.4, 0.5) is 0 Å². The Bertz CT molecular complexity index is 267. The Morgan fingerprint density at radius 2 is 1.67 bits per heavy atom. The lowest BCUT2D eigenvalue weighted by molar-refractivity contribution is -0.0748. The molecule has 0 amide bonds. The molecule has 0 radical (unpaired) electrons. The van der Waals surface area contributed by atoms with Gasteiger partial charge in [0.15, 0.2) is 0 Å². The zero-order valence-corrected chi connectivity index (χ0v) is 15.4. The molecule has 1 N–H and O–H groups in total. The van der Waals surface area contributed by atoms with Crippen LogP contribution in [0, 0.1) is 5.92 Å². The fraction of sp³-hybridized carbons (Fsp3) is 1.00. The molecule has 126 valence electrons. The molecule has 1 heterocycles. The van der Waals surface area contributed by atoms with Crippen molar-refractivity contribution in [2.75, 3.05) is 14.1 Å². The first kappa shape index (κ1) is 18.9. The number of unbranched alkanes of at least 4 members (excludes halogenated alkanes) is 3. The van der Waals surface area contributed by atoms with Crippen LogP contribution >= 0.6 is 0 Å². The van der Waals surface area contributed by atoms with Crippen LogP contribution in [0.25, 0.3) is 0 Å². The first-order chi connectivity index (χ1) is 10.1. The third kappa shape index (κ3) is 5.22. The Kier molecular flexibility index (Phi) is 8.84. The molecule has 0 aromatic carbocycles. The van der Waals surface area contributed by atoms with Crippen LogP contribution in [-0.4, -0.2) is 42.4 Å². The van der Waals surface area contributed by atoms with E-state index in [9.17, 15) is 0 Å². The molecule has 3 heteroatoms. The molecule has 1 aliphatic heterocycles. The molecule has 3 nitrogen and oxygen atoms in total. The maximum atomic E-state index is 3.95. The number of hydrogen-bond acceptors (Lipinski definition) is 3. The normalized spacial score (nSPS) is 29.7. The number of nitrogens with one attached hydrogen (secondary N) is 1. The topological polar surface area (TPSA) is 18.5 Å². The average molecular weight is 298 g/mol. The van der Waals surface area contributed by atoms with Crippen LogP contribution in [0.5, 0.6) is 0 Å². The summed E-state index contributed by atoms with van der Waals surface area (Å²) in [6.45, 7) is 9.29. The Morgan fingerprint density at radius 3 is 2.24 bits per heavy atom. The second-order valence-electron chi connectivity index (χ2n) is 6.90. The molecule has 0 spiro atoms. The molecule has 0 saturated carbocycles. The lowest BCUT2D eigenvalue weighted by Crippen LogP contribution is -2.68. The van der Waals surface area contributed by atoms with E-state index >= 15 is 0 Å². The van der Waals surface area contributed by atoms with E-state index < -0.39 is 0 Å². The molecular formula is C18H39N3. The van der Waals surface area contributed by atoms with Crippen LogP contribution in [0.15, 0.2) is 0 Å². The first-order valence-corrected chi connectivity index (χ1v) is 9.26. The fourth-order valence-electron chi connectivity index (χ4n) is 3.69. The van der Waals surface area contributed by atoms with Gasteiger partial charge in [0.05, 0.1) is 18.5 Å². The number of rotatable bonds is 9.